The highest BCUT2D eigenvalue weighted by molar-refractivity contribution is 5.41. The van der Waals surface area contributed by atoms with Crippen LogP contribution in [0.15, 0.2) is 6.20 Å². The molecule has 0 spiro atoms. The van der Waals surface area contributed by atoms with Gasteiger partial charge in [-0.3, -0.25) is 10.1 Å². The molecule has 0 radical (unpaired) electrons. The lowest BCUT2D eigenvalue weighted by Crippen LogP contribution is -2.29. The van der Waals surface area contributed by atoms with Crippen molar-refractivity contribution in [3.63, 3.8) is 0 Å². The summed E-state index contributed by atoms with van der Waals surface area (Å²) in [6.07, 6.45) is 3.96. The van der Waals surface area contributed by atoms with Gasteiger partial charge in [0.25, 0.3) is 5.88 Å². The molecule has 1 aromatic heterocycles. The molecule has 7 nitrogen and oxygen atoms in total. The molecule has 1 aliphatic carbocycles. The number of hydrogen-bond acceptors (Lipinski definition) is 6. The lowest BCUT2D eigenvalue weighted by molar-refractivity contribution is -0.386. The normalized spacial score (nSPS) is 26.9. The highest BCUT2D eigenvalue weighted by atomic mass is 16.6. The highest BCUT2D eigenvalue weighted by Gasteiger charge is 2.28. The van der Waals surface area contributed by atoms with Crippen LogP contribution in [0.4, 0.5) is 11.6 Å². The van der Waals surface area contributed by atoms with Gasteiger partial charge in [0, 0.05) is 0 Å². The van der Waals surface area contributed by atoms with Crippen LogP contribution in [0.5, 0.6) is 5.88 Å². The Kier molecular flexibility index (Phi) is 3.82. The first-order valence-corrected chi connectivity index (χ1v) is 6.39. The highest BCUT2D eigenvalue weighted by Crippen LogP contribution is 2.33. The maximum absolute atomic E-state index is 10.9. The number of nitrogens with zero attached hydrogens (tertiary/aromatic N) is 3. The van der Waals surface area contributed by atoms with Gasteiger partial charge in [-0.2, -0.15) is 4.98 Å². The van der Waals surface area contributed by atoms with Crippen LogP contribution in [0, 0.1) is 22.0 Å². The van der Waals surface area contributed by atoms with Gasteiger partial charge in [-0.1, -0.05) is 13.8 Å². The molecule has 1 fully saturated rings. The maximum atomic E-state index is 10.9. The average Bonchev–Trinajstić information content (AvgIpc) is 2.26. The smallest absolute Gasteiger partial charge is 0.349 e. The van der Waals surface area contributed by atoms with E-state index in [0.29, 0.717) is 11.8 Å². The van der Waals surface area contributed by atoms with Gasteiger partial charge in [0.15, 0.2) is 0 Å². The fourth-order valence-corrected chi connectivity index (χ4v) is 2.71. The van der Waals surface area contributed by atoms with E-state index >= 15 is 0 Å². The molecule has 2 N–H and O–H groups in total. The van der Waals surface area contributed by atoms with Crippen LogP contribution in [-0.2, 0) is 0 Å². The average molecular weight is 266 g/mol. The number of anilines is 1. The van der Waals surface area contributed by atoms with Gasteiger partial charge in [0.1, 0.15) is 12.3 Å². The number of rotatable bonds is 3. The molecular formula is C12H18N4O3. The van der Waals surface area contributed by atoms with Gasteiger partial charge in [-0.05, 0) is 31.1 Å². The van der Waals surface area contributed by atoms with E-state index in [1.54, 1.807) is 0 Å². The van der Waals surface area contributed by atoms with Crippen LogP contribution >= 0.6 is 0 Å². The largest absolute Gasteiger partial charge is 0.469 e. The van der Waals surface area contributed by atoms with Crippen molar-refractivity contribution in [1.29, 1.82) is 0 Å². The first-order chi connectivity index (χ1) is 8.95. The molecule has 1 aromatic rings. The Hall–Kier alpha value is -1.92. The monoisotopic (exact) mass is 266 g/mol. The molecule has 1 heterocycles. The second kappa shape index (κ2) is 5.38. The Labute approximate surface area is 111 Å². The van der Waals surface area contributed by atoms with Gasteiger partial charge in [-0.25, -0.2) is 4.98 Å². The number of nitro groups is 1. The lowest BCUT2D eigenvalue weighted by Gasteiger charge is -2.31. The van der Waals surface area contributed by atoms with E-state index in [4.69, 9.17) is 10.5 Å². The van der Waals surface area contributed by atoms with E-state index in [0.717, 1.165) is 25.5 Å². The Morgan fingerprint density at radius 3 is 2.58 bits per heavy atom. The fraction of sp³-hybridized carbons (Fsp3) is 0.667. The van der Waals surface area contributed by atoms with Crippen LogP contribution in [-0.4, -0.2) is 21.0 Å². The zero-order chi connectivity index (χ0) is 14.0. The van der Waals surface area contributed by atoms with Gasteiger partial charge in [-0.15, -0.1) is 0 Å². The van der Waals surface area contributed by atoms with Crippen molar-refractivity contribution in [3.8, 4) is 5.88 Å². The van der Waals surface area contributed by atoms with Crippen molar-refractivity contribution in [2.45, 2.75) is 39.2 Å². The Morgan fingerprint density at radius 1 is 1.37 bits per heavy atom. The topological polar surface area (TPSA) is 104 Å². The molecule has 0 aliphatic heterocycles. The lowest BCUT2D eigenvalue weighted by atomic mass is 9.82. The third-order valence-corrected chi connectivity index (χ3v) is 3.36. The molecule has 0 saturated heterocycles. The first kappa shape index (κ1) is 13.5. The molecule has 1 saturated carbocycles. The van der Waals surface area contributed by atoms with Gasteiger partial charge in [0.05, 0.1) is 4.92 Å². The number of ether oxygens (including phenoxy) is 1. The van der Waals surface area contributed by atoms with Crippen molar-refractivity contribution in [1.82, 2.24) is 9.97 Å². The molecule has 0 aromatic carbocycles. The standard InChI is InChI=1S/C12H18N4O3/c1-7-3-8(2)5-9(4-7)19-11-10(16(17)18)6-14-12(13)15-11/h6-9H,3-5H2,1-2H3,(H2,13,14,15). The maximum Gasteiger partial charge on any atom is 0.349 e. The minimum Gasteiger partial charge on any atom is -0.469 e. The SMILES string of the molecule is CC1CC(C)CC(Oc2nc(N)ncc2[N+](=O)[O-])C1. The molecule has 0 amide bonds. The van der Waals surface area contributed by atoms with Crippen LogP contribution in [0.25, 0.3) is 0 Å². The summed E-state index contributed by atoms with van der Waals surface area (Å²) >= 11 is 0. The minimum atomic E-state index is -0.551. The zero-order valence-electron chi connectivity index (χ0n) is 11.1. The van der Waals surface area contributed by atoms with Gasteiger partial charge >= 0.3 is 5.69 Å². The van der Waals surface area contributed by atoms with Crippen LogP contribution in [0.2, 0.25) is 0 Å². The summed E-state index contributed by atoms with van der Waals surface area (Å²) in [5.74, 6) is 1.06. The molecular weight excluding hydrogens is 248 g/mol. The number of nitrogen functional groups attached to an aromatic ring is 1. The summed E-state index contributed by atoms with van der Waals surface area (Å²) in [4.78, 5) is 17.8. The summed E-state index contributed by atoms with van der Waals surface area (Å²) in [5.41, 5.74) is 5.23. The van der Waals surface area contributed by atoms with Crippen molar-refractivity contribution in [3.05, 3.63) is 16.3 Å². The van der Waals surface area contributed by atoms with E-state index < -0.39 is 4.92 Å². The molecule has 2 atom stereocenters. The molecule has 2 unspecified atom stereocenters. The van der Waals surface area contributed by atoms with E-state index in [9.17, 15) is 10.1 Å². The summed E-state index contributed by atoms with van der Waals surface area (Å²) in [6.45, 7) is 4.32. The Balaban J connectivity index is 2.18. The number of aromatic nitrogens is 2. The summed E-state index contributed by atoms with van der Waals surface area (Å²) in [7, 11) is 0. The molecule has 7 heteroatoms. The molecule has 19 heavy (non-hydrogen) atoms. The molecule has 104 valence electrons. The van der Waals surface area contributed by atoms with E-state index in [1.807, 2.05) is 0 Å². The van der Waals surface area contributed by atoms with Crippen molar-refractivity contribution >= 4 is 11.6 Å². The predicted molar refractivity (Wildman–Crippen MR) is 69.7 cm³/mol. The second-order valence-corrected chi connectivity index (χ2v) is 5.33. The zero-order valence-corrected chi connectivity index (χ0v) is 11.1. The molecule has 0 bridgehead atoms. The molecule has 2 rings (SSSR count). The van der Waals surface area contributed by atoms with E-state index in [2.05, 4.69) is 23.8 Å². The second-order valence-electron chi connectivity index (χ2n) is 5.33. The van der Waals surface area contributed by atoms with Crippen molar-refractivity contribution in [2.24, 2.45) is 11.8 Å². The van der Waals surface area contributed by atoms with Crippen molar-refractivity contribution in [2.75, 3.05) is 5.73 Å². The number of nitrogens with two attached hydrogens (primary N) is 1. The third-order valence-electron chi connectivity index (χ3n) is 3.36. The van der Waals surface area contributed by atoms with E-state index in [-0.39, 0.29) is 23.6 Å². The third kappa shape index (κ3) is 3.30. The fourth-order valence-electron chi connectivity index (χ4n) is 2.71. The van der Waals surface area contributed by atoms with Crippen LogP contribution < -0.4 is 10.5 Å². The quantitative estimate of drug-likeness (QED) is 0.664. The minimum absolute atomic E-state index is 0.0162. The van der Waals surface area contributed by atoms with Crippen molar-refractivity contribution < 1.29 is 9.66 Å². The predicted octanol–water partition coefficient (Wildman–Crippen LogP) is 2.17. The summed E-state index contributed by atoms with van der Waals surface area (Å²) in [6, 6.07) is 0. The van der Waals surface area contributed by atoms with Gasteiger partial charge in [0.2, 0.25) is 5.95 Å². The summed E-state index contributed by atoms with van der Waals surface area (Å²) < 4.78 is 5.70. The van der Waals surface area contributed by atoms with E-state index in [1.165, 1.54) is 0 Å². The van der Waals surface area contributed by atoms with Crippen LogP contribution in [0.1, 0.15) is 33.1 Å². The number of hydrogen-bond donors (Lipinski definition) is 1. The first-order valence-electron chi connectivity index (χ1n) is 6.39. The van der Waals surface area contributed by atoms with Crippen LogP contribution in [0.3, 0.4) is 0 Å². The Morgan fingerprint density at radius 2 is 2.00 bits per heavy atom. The molecule has 1 aliphatic rings. The Bertz CT molecular complexity index is 470. The summed E-state index contributed by atoms with van der Waals surface area (Å²) in [5, 5.41) is 10.9. The van der Waals surface area contributed by atoms with Gasteiger partial charge < -0.3 is 10.5 Å².